The summed E-state index contributed by atoms with van der Waals surface area (Å²) in [5, 5.41) is 3.45. The smallest absolute Gasteiger partial charge is 0.264 e. The number of amides is 1. The molecule has 3 aromatic rings. The summed E-state index contributed by atoms with van der Waals surface area (Å²) < 4.78 is 27.9. The van der Waals surface area contributed by atoms with Crippen LogP contribution in [-0.2, 0) is 27.7 Å². The Kier molecular flexibility index (Phi) is 7.05. The summed E-state index contributed by atoms with van der Waals surface area (Å²) in [5.74, 6) is -0.380. The number of benzene rings is 3. The molecular formula is C26H27ClN2O3S. The van der Waals surface area contributed by atoms with Crippen LogP contribution < -0.4 is 9.62 Å². The maximum absolute atomic E-state index is 13.4. The molecule has 0 spiro atoms. The van der Waals surface area contributed by atoms with Crippen LogP contribution in [0, 0.1) is 0 Å². The van der Waals surface area contributed by atoms with Crippen molar-refractivity contribution in [2.45, 2.75) is 43.5 Å². The highest BCUT2D eigenvalue weighted by molar-refractivity contribution is 7.92. The van der Waals surface area contributed by atoms with Gasteiger partial charge in [-0.1, -0.05) is 48.0 Å². The number of nitrogens with one attached hydrogen (secondary N) is 1. The van der Waals surface area contributed by atoms with E-state index in [2.05, 4.69) is 17.4 Å². The Hall–Kier alpha value is -2.83. The van der Waals surface area contributed by atoms with Gasteiger partial charge in [-0.3, -0.25) is 9.10 Å². The molecule has 0 aliphatic heterocycles. The topological polar surface area (TPSA) is 66.5 Å². The average molecular weight is 483 g/mol. The number of aryl methyl sites for hydroxylation is 2. The molecule has 1 aliphatic rings. The summed E-state index contributed by atoms with van der Waals surface area (Å²) in [6, 6.07) is 20.6. The Balaban J connectivity index is 1.56. The Morgan fingerprint density at radius 3 is 2.33 bits per heavy atom. The summed E-state index contributed by atoms with van der Waals surface area (Å²) in [5.41, 5.74) is 4.12. The second-order valence-electron chi connectivity index (χ2n) is 8.33. The highest BCUT2D eigenvalue weighted by Crippen LogP contribution is 2.27. The van der Waals surface area contributed by atoms with Crippen LogP contribution in [0.4, 0.5) is 5.69 Å². The van der Waals surface area contributed by atoms with E-state index in [1.165, 1.54) is 36.1 Å². The minimum absolute atomic E-state index is 0.121. The molecule has 0 bridgehead atoms. The SMILES string of the molecule is C[C@H](NC(=O)CN(c1ccc(Cl)cc1)S(=O)(=O)c1ccccc1)c1ccc2c(c1)CCCC2. The van der Waals surface area contributed by atoms with Crippen LogP contribution >= 0.6 is 11.6 Å². The lowest BCUT2D eigenvalue weighted by Gasteiger charge is -2.25. The molecule has 3 aromatic carbocycles. The van der Waals surface area contributed by atoms with Gasteiger partial charge in [-0.05, 0) is 85.7 Å². The molecule has 5 nitrogen and oxygen atoms in total. The minimum Gasteiger partial charge on any atom is -0.348 e. The Morgan fingerprint density at radius 1 is 0.970 bits per heavy atom. The Labute approximate surface area is 200 Å². The van der Waals surface area contributed by atoms with E-state index in [4.69, 9.17) is 11.6 Å². The molecule has 33 heavy (non-hydrogen) atoms. The lowest BCUT2D eigenvalue weighted by molar-refractivity contribution is -0.120. The third-order valence-electron chi connectivity index (χ3n) is 5.98. The second-order valence-corrected chi connectivity index (χ2v) is 10.6. The molecule has 0 fully saturated rings. The van der Waals surface area contributed by atoms with Crippen molar-refractivity contribution in [2.75, 3.05) is 10.8 Å². The molecule has 1 amide bonds. The van der Waals surface area contributed by atoms with Crippen LogP contribution in [-0.4, -0.2) is 20.9 Å². The molecule has 0 saturated carbocycles. The number of rotatable bonds is 7. The zero-order valence-corrected chi connectivity index (χ0v) is 20.1. The van der Waals surface area contributed by atoms with E-state index in [0.717, 1.165) is 22.7 Å². The number of anilines is 1. The van der Waals surface area contributed by atoms with Crippen molar-refractivity contribution in [3.63, 3.8) is 0 Å². The molecule has 172 valence electrons. The number of halogens is 1. The van der Waals surface area contributed by atoms with Crippen molar-refractivity contribution in [1.29, 1.82) is 0 Å². The van der Waals surface area contributed by atoms with E-state index in [0.29, 0.717) is 10.7 Å². The van der Waals surface area contributed by atoms with Gasteiger partial charge < -0.3 is 5.32 Å². The molecule has 1 N–H and O–H groups in total. The van der Waals surface area contributed by atoms with E-state index >= 15 is 0 Å². The standard InChI is InChI=1S/C26H27ClN2O3S/c1-19(21-12-11-20-7-5-6-8-22(20)17-21)28-26(30)18-29(24-15-13-23(27)14-16-24)33(31,32)25-9-3-2-4-10-25/h2-4,9-17,19H,5-8,18H2,1H3,(H,28,30)/t19-/m0/s1. The molecule has 4 rings (SSSR count). The van der Waals surface area contributed by atoms with E-state index in [1.54, 1.807) is 42.5 Å². The Bertz CT molecular complexity index is 1230. The van der Waals surface area contributed by atoms with Crippen molar-refractivity contribution < 1.29 is 13.2 Å². The lowest BCUT2D eigenvalue weighted by atomic mass is 9.89. The number of sulfonamides is 1. The number of carbonyl (C=O) groups is 1. The zero-order valence-electron chi connectivity index (χ0n) is 18.5. The normalized spacial score (nSPS) is 14.2. The monoisotopic (exact) mass is 482 g/mol. The van der Waals surface area contributed by atoms with Crippen molar-refractivity contribution in [3.05, 3.63) is 94.5 Å². The number of carbonyl (C=O) groups excluding carboxylic acids is 1. The quantitative estimate of drug-likeness (QED) is 0.497. The van der Waals surface area contributed by atoms with Gasteiger partial charge in [0.2, 0.25) is 5.91 Å². The Morgan fingerprint density at radius 2 is 1.64 bits per heavy atom. The van der Waals surface area contributed by atoms with Gasteiger partial charge in [-0.2, -0.15) is 0 Å². The molecule has 7 heteroatoms. The molecular weight excluding hydrogens is 456 g/mol. The molecule has 0 radical (unpaired) electrons. The fourth-order valence-electron chi connectivity index (χ4n) is 4.17. The summed E-state index contributed by atoms with van der Waals surface area (Å²) in [4.78, 5) is 13.1. The van der Waals surface area contributed by atoms with Crippen LogP contribution in [0.1, 0.15) is 42.5 Å². The number of nitrogens with zero attached hydrogens (tertiary/aromatic N) is 1. The molecule has 0 heterocycles. The van der Waals surface area contributed by atoms with E-state index in [-0.39, 0.29) is 23.4 Å². The fraction of sp³-hybridized carbons (Fsp3) is 0.269. The van der Waals surface area contributed by atoms with Gasteiger partial charge in [-0.25, -0.2) is 8.42 Å². The summed E-state index contributed by atoms with van der Waals surface area (Å²) >= 11 is 5.99. The predicted octanol–water partition coefficient (Wildman–Crippen LogP) is 5.29. The first kappa shape index (κ1) is 23.3. The van der Waals surface area contributed by atoms with Crippen LogP contribution in [0.3, 0.4) is 0 Å². The summed E-state index contributed by atoms with van der Waals surface area (Å²) in [7, 11) is -3.95. The number of hydrogen-bond acceptors (Lipinski definition) is 3. The van der Waals surface area contributed by atoms with Crippen molar-refractivity contribution in [2.24, 2.45) is 0 Å². The van der Waals surface area contributed by atoms with Gasteiger partial charge in [-0.15, -0.1) is 0 Å². The predicted molar refractivity (Wildman–Crippen MR) is 132 cm³/mol. The highest BCUT2D eigenvalue weighted by atomic mass is 35.5. The van der Waals surface area contributed by atoms with Crippen LogP contribution in [0.25, 0.3) is 0 Å². The van der Waals surface area contributed by atoms with Crippen LogP contribution in [0.15, 0.2) is 77.7 Å². The van der Waals surface area contributed by atoms with Gasteiger partial charge in [0.15, 0.2) is 0 Å². The summed E-state index contributed by atoms with van der Waals surface area (Å²) in [6.45, 7) is 1.58. The molecule has 1 atom stereocenters. The molecule has 0 saturated heterocycles. The zero-order chi connectivity index (χ0) is 23.4. The highest BCUT2D eigenvalue weighted by Gasteiger charge is 2.27. The molecule has 1 aliphatic carbocycles. The molecule has 0 aromatic heterocycles. The lowest BCUT2D eigenvalue weighted by Crippen LogP contribution is -2.41. The maximum atomic E-state index is 13.4. The van der Waals surface area contributed by atoms with Gasteiger partial charge in [0.25, 0.3) is 10.0 Å². The van der Waals surface area contributed by atoms with Gasteiger partial charge in [0.1, 0.15) is 6.54 Å². The number of fused-ring (bicyclic) bond motifs is 1. The third kappa shape index (κ3) is 5.40. The van der Waals surface area contributed by atoms with Crippen molar-refractivity contribution >= 4 is 33.2 Å². The van der Waals surface area contributed by atoms with Crippen molar-refractivity contribution in [1.82, 2.24) is 5.32 Å². The largest absolute Gasteiger partial charge is 0.348 e. The van der Waals surface area contributed by atoms with Gasteiger partial charge >= 0.3 is 0 Å². The van der Waals surface area contributed by atoms with E-state index in [1.807, 2.05) is 13.0 Å². The van der Waals surface area contributed by atoms with Crippen molar-refractivity contribution in [3.8, 4) is 0 Å². The average Bonchev–Trinajstić information content (AvgIpc) is 2.83. The molecule has 0 unspecified atom stereocenters. The minimum atomic E-state index is -3.95. The van der Waals surface area contributed by atoms with Gasteiger partial charge in [0, 0.05) is 5.02 Å². The van der Waals surface area contributed by atoms with Crippen LogP contribution in [0.5, 0.6) is 0 Å². The van der Waals surface area contributed by atoms with Gasteiger partial charge in [0.05, 0.1) is 16.6 Å². The fourth-order valence-corrected chi connectivity index (χ4v) is 5.73. The first-order valence-corrected chi connectivity index (χ1v) is 12.9. The van der Waals surface area contributed by atoms with E-state index in [9.17, 15) is 13.2 Å². The first-order chi connectivity index (χ1) is 15.8. The third-order valence-corrected chi connectivity index (χ3v) is 8.02. The second kappa shape index (κ2) is 9.98. The number of hydrogen-bond donors (Lipinski definition) is 1. The van der Waals surface area contributed by atoms with E-state index < -0.39 is 10.0 Å². The summed E-state index contributed by atoms with van der Waals surface area (Å²) in [6.07, 6.45) is 4.56. The van der Waals surface area contributed by atoms with Crippen LogP contribution in [0.2, 0.25) is 5.02 Å². The first-order valence-electron chi connectivity index (χ1n) is 11.1. The maximum Gasteiger partial charge on any atom is 0.264 e.